The van der Waals surface area contributed by atoms with E-state index in [1.54, 1.807) is 29.4 Å². The molecule has 1 aromatic carbocycles. The summed E-state index contributed by atoms with van der Waals surface area (Å²) in [4.78, 5) is 31.5. The fourth-order valence-electron chi connectivity index (χ4n) is 3.74. The van der Waals surface area contributed by atoms with Crippen LogP contribution in [0.3, 0.4) is 0 Å². The molecular weight excluding hydrogens is 448 g/mol. The number of nitrogens with one attached hydrogen (secondary N) is 1. The average molecular weight is 473 g/mol. The molecule has 0 unspecified atom stereocenters. The standard InChI is InChI=1S/C26H24N4O3S/c27-16-22-21-12-14-30(26(32)33-15-5-9-19-6-2-1-3-7-19)18-23(21)34-25(22)29-24(31)11-10-20-8-4-13-28-17-20/h1-4,6-8,10-11,13,17H,5,9,12,14-15,18H2,(H,29,31). The summed E-state index contributed by atoms with van der Waals surface area (Å²) in [6.07, 6.45) is 8.21. The Labute approximate surface area is 202 Å². The molecule has 2 amide bonds. The highest BCUT2D eigenvalue weighted by atomic mass is 32.1. The fourth-order valence-corrected chi connectivity index (χ4v) is 4.95. The number of benzene rings is 1. The normalized spacial score (nSPS) is 12.7. The van der Waals surface area contributed by atoms with Crippen LogP contribution in [0.2, 0.25) is 0 Å². The number of thiophene rings is 1. The predicted molar refractivity (Wildman–Crippen MR) is 131 cm³/mol. The monoisotopic (exact) mass is 472 g/mol. The molecule has 8 heteroatoms. The third-order valence-electron chi connectivity index (χ3n) is 5.45. The molecule has 0 bridgehead atoms. The summed E-state index contributed by atoms with van der Waals surface area (Å²) in [6, 6.07) is 15.9. The van der Waals surface area contributed by atoms with Gasteiger partial charge in [-0.15, -0.1) is 11.3 Å². The van der Waals surface area contributed by atoms with Crippen molar-refractivity contribution in [3.63, 3.8) is 0 Å². The number of aryl methyl sites for hydroxylation is 1. The molecule has 2 aromatic heterocycles. The number of carbonyl (C=O) groups is 2. The number of anilines is 1. The van der Waals surface area contributed by atoms with Gasteiger partial charge in [-0.25, -0.2) is 4.79 Å². The number of fused-ring (bicyclic) bond motifs is 1. The van der Waals surface area contributed by atoms with Crippen molar-refractivity contribution in [2.45, 2.75) is 25.8 Å². The number of carbonyl (C=O) groups excluding carboxylic acids is 2. The zero-order valence-electron chi connectivity index (χ0n) is 18.6. The number of rotatable bonds is 7. The summed E-state index contributed by atoms with van der Waals surface area (Å²) in [6.45, 7) is 1.20. The van der Waals surface area contributed by atoms with Crippen molar-refractivity contribution < 1.29 is 14.3 Å². The topological polar surface area (TPSA) is 95.3 Å². The van der Waals surface area contributed by atoms with Crippen LogP contribution in [0.4, 0.5) is 9.80 Å². The molecule has 3 aromatic rings. The Morgan fingerprint density at radius 1 is 1.24 bits per heavy atom. The quantitative estimate of drug-likeness (QED) is 0.394. The highest BCUT2D eigenvalue weighted by molar-refractivity contribution is 7.16. The number of pyridine rings is 1. The van der Waals surface area contributed by atoms with Crippen LogP contribution >= 0.6 is 11.3 Å². The first-order valence-electron chi connectivity index (χ1n) is 11.0. The van der Waals surface area contributed by atoms with Gasteiger partial charge in [0, 0.05) is 29.9 Å². The van der Waals surface area contributed by atoms with Crippen molar-refractivity contribution >= 4 is 34.4 Å². The first-order chi connectivity index (χ1) is 16.6. The molecule has 172 valence electrons. The summed E-state index contributed by atoms with van der Waals surface area (Å²) in [5.41, 5.74) is 3.39. The zero-order valence-corrected chi connectivity index (χ0v) is 19.4. The lowest BCUT2D eigenvalue weighted by molar-refractivity contribution is -0.111. The van der Waals surface area contributed by atoms with Crippen LogP contribution in [0.1, 0.15) is 33.6 Å². The minimum absolute atomic E-state index is 0.325. The Balaban J connectivity index is 1.32. The molecule has 0 saturated heterocycles. The van der Waals surface area contributed by atoms with E-state index in [2.05, 4.69) is 28.5 Å². The Morgan fingerprint density at radius 2 is 2.09 bits per heavy atom. The molecule has 4 rings (SSSR count). The summed E-state index contributed by atoms with van der Waals surface area (Å²) < 4.78 is 5.46. The molecule has 34 heavy (non-hydrogen) atoms. The molecule has 1 aliphatic heterocycles. The van der Waals surface area contributed by atoms with Crippen molar-refractivity contribution in [1.82, 2.24) is 9.88 Å². The van der Waals surface area contributed by atoms with E-state index in [1.165, 1.54) is 23.0 Å². The van der Waals surface area contributed by atoms with Crippen molar-refractivity contribution in [3.8, 4) is 6.07 Å². The molecule has 1 aliphatic rings. The number of aromatic nitrogens is 1. The largest absolute Gasteiger partial charge is 0.449 e. The number of hydrogen-bond donors (Lipinski definition) is 1. The molecule has 0 spiro atoms. The van der Waals surface area contributed by atoms with Gasteiger partial charge in [-0.2, -0.15) is 5.26 Å². The lowest BCUT2D eigenvalue weighted by atomic mass is 10.0. The molecule has 0 saturated carbocycles. The zero-order chi connectivity index (χ0) is 23.8. The van der Waals surface area contributed by atoms with E-state index in [0.717, 1.165) is 28.8 Å². The van der Waals surface area contributed by atoms with Gasteiger partial charge in [0.15, 0.2) is 0 Å². The number of amides is 2. The summed E-state index contributed by atoms with van der Waals surface area (Å²) in [5, 5.41) is 13.0. The number of ether oxygens (including phenoxy) is 1. The second-order valence-corrected chi connectivity index (χ2v) is 8.91. The molecule has 7 nitrogen and oxygen atoms in total. The Hall–Kier alpha value is -3.96. The first kappa shape index (κ1) is 23.2. The number of nitriles is 1. The molecule has 0 atom stereocenters. The minimum atomic E-state index is -0.351. The minimum Gasteiger partial charge on any atom is -0.449 e. The Morgan fingerprint density at radius 3 is 2.85 bits per heavy atom. The van der Waals surface area contributed by atoms with E-state index in [-0.39, 0.29) is 12.0 Å². The van der Waals surface area contributed by atoms with Gasteiger partial charge in [0.25, 0.3) is 0 Å². The second kappa shape index (κ2) is 11.3. The first-order valence-corrected chi connectivity index (χ1v) is 11.8. The molecule has 0 fully saturated rings. The number of nitrogens with zero attached hydrogens (tertiary/aromatic N) is 3. The van der Waals surface area contributed by atoms with Gasteiger partial charge in [-0.1, -0.05) is 36.4 Å². The van der Waals surface area contributed by atoms with Crippen LogP contribution in [-0.2, 0) is 28.9 Å². The summed E-state index contributed by atoms with van der Waals surface area (Å²) in [5.74, 6) is -0.325. The lowest BCUT2D eigenvalue weighted by Gasteiger charge is -2.26. The Bertz CT molecular complexity index is 1220. The summed E-state index contributed by atoms with van der Waals surface area (Å²) in [7, 11) is 0. The highest BCUT2D eigenvalue weighted by Crippen LogP contribution is 2.36. The van der Waals surface area contributed by atoms with Gasteiger partial charge in [-0.3, -0.25) is 9.78 Å². The maximum Gasteiger partial charge on any atom is 0.410 e. The highest BCUT2D eigenvalue weighted by Gasteiger charge is 2.28. The second-order valence-electron chi connectivity index (χ2n) is 7.80. The van der Waals surface area contributed by atoms with Crippen molar-refractivity contribution in [3.05, 3.63) is 88.1 Å². The third-order valence-corrected chi connectivity index (χ3v) is 6.59. The predicted octanol–water partition coefficient (Wildman–Crippen LogP) is 4.79. The maximum atomic E-state index is 12.5. The van der Waals surface area contributed by atoms with Gasteiger partial charge in [0.2, 0.25) is 5.91 Å². The fraction of sp³-hybridized carbons (Fsp3) is 0.231. The molecule has 3 heterocycles. The van der Waals surface area contributed by atoms with Crippen LogP contribution in [0, 0.1) is 11.3 Å². The average Bonchev–Trinajstić information content (AvgIpc) is 3.22. The molecular formula is C26H24N4O3S. The van der Waals surface area contributed by atoms with Gasteiger partial charge in [-0.05, 0) is 48.1 Å². The molecule has 0 radical (unpaired) electrons. The van der Waals surface area contributed by atoms with Crippen molar-refractivity contribution in [2.75, 3.05) is 18.5 Å². The third kappa shape index (κ3) is 5.88. The van der Waals surface area contributed by atoms with Crippen LogP contribution < -0.4 is 5.32 Å². The smallest absolute Gasteiger partial charge is 0.410 e. The van der Waals surface area contributed by atoms with E-state index in [0.29, 0.717) is 36.7 Å². The van der Waals surface area contributed by atoms with Crippen molar-refractivity contribution in [2.24, 2.45) is 0 Å². The van der Waals surface area contributed by atoms with Gasteiger partial charge in [0.05, 0.1) is 18.7 Å². The summed E-state index contributed by atoms with van der Waals surface area (Å²) >= 11 is 1.33. The van der Waals surface area contributed by atoms with Crippen LogP contribution in [-0.4, -0.2) is 35.0 Å². The van der Waals surface area contributed by atoms with E-state index in [4.69, 9.17) is 4.74 Å². The SMILES string of the molecule is N#Cc1c(NC(=O)C=Cc2cccnc2)sc2c1CCN(C(=O)OCCCc1ccccc1)C2. The van der Waals surface area contributed by atoms with E-state index < -0.39 is 0 Å². The lowest BCUT2D eigenvalue weighted by Crippen LogP contribution is -2.36. The van der Waals surface area contributed by atoms with Crippen molar-refractivity contribution in [1.29, 1.82) is 5.26 Å². The number of hydrogen-bond acceptors (Lipinski definition) is 6. The van der Waals surface area contributed by atoms with Gasteiger partial charge >= 0.3 is 6.09 Å². The van der Waals surface area contributed by atoms with Gasteiger partial charge in [0.1, 0.15) is 11.1 Å². The van der Waals surface area contributed by atoms with E-state index in [9.17, 15) is 14.9 Å². The van der Waals surface area contributed by atoms with Crippen LogP contribution in [0.15, 0.2) is 60.9 Å². The van der Waals surface area contributed by atoms with E-state index >= 15 is 0 Å². The molecule has 0 aliphatic carbocycles. The van der Waals surface area contributed by atoms with Gasteiger partial charge < -0.3 is 15.0 Å². The van der Waals surface area contributed by atoms with Crippen LogP contribution in [0.25, 0.3) is 6.08 Å². The Kier molecular flexibility index (Phi) is 7.68. The molecule has 1 N–H and O–H groups in total. The maximum absolute atomic E-state index is 12.5. The van der Waals surface area contributed by atoms with E-state index in [1.807, 2.05) is 24.3 Å². The van der Waals surface area contributed by atoms with Crippen LogP contribution in [0.5, 0.6) is 0 Å².